The van der Waals surface area contributed by atoms with Gasteiger partial charge in [0.2, 0.25) is 0 Å². The maximum atomic E-state index is 11.7. The summed E-state index contributed by atoms with van der Waals surface area (Å²) in [6.45, 7) is 1.20. The third kappa shape index (κ3) is 4.09. The van der Waals surface area contributed by atoms with Crippen LogP contribution in [0.1, 0.15) is 29.6 Å². The smallest absolute Gasteiger partial charge is 0.185 e. The average molecular weight is 246 g/mol. The van der Waals surface area contributed by atoms with Gasteiger partial charge >= 0.3 is 0 Å². The van der Waals surface area contributed by atoms with Crippen LogP contribution < -0.4 is 0 Å². The zero-order valence-electron chi connectivity index (χ0n) is 10.4. The Morgan fingerprint density at radius 3 is 2.89 bits per heavy atom. The van der Waals surface area contributed by atoms with Crippen molar-refractivity contribution in [1.29, 1.82) is 0 Å². The second-order valence-electron chi connectivity index (χ2n) is 4.26. The van der Waals surface area contributed by atoms with Crippen molar-refractivity contribution in [3.8, 4) is 0 Å². The fourth-order valence-electron chi connectivity index (χ4n) is 1.86. The van der Waals surface area contributed by atoms with E-state index < -0.39 is 0 Å². The van der Waals surface area contributed by atoms with E-state index in [-0.39, 0.29) is 12.1 Å². The van der Waals surface area contributed by atoms with Crippen LogP contribution in [0.5, 0.6) is 0 Å². The normalized spacial score (nSPS) is 20.1. The first-order valence-corrected chi connectivity index (χ1v) is 6.35. The number of ketones is 1. The summed E-state index contributed by atoms with van der Waals surface area (Å²) in [5.41, 5.74) is 0.697. The van der Waals surface area contributed by atoms with E-state index in [9.17, 15) is 4.79 Å². The first kappa shape index (κ1) is 13.0. The number of hydrogen-bond donors (Lipinski definition) is 0. The van der Waals surface area contributed by atoms with Crippen molar-refractivity contribution in [2.45, 2.75) is 25.6 Å². The predicted molar refractivity (Wildman–Crippen MR) is 69.5 cm³/mol. The summed E-state index contributed by atoms with van der Waals surface area (Å²) in [6.07, 6.45) is 6.40. The molecule has 1 heterocycles. The molecular weight excluding hydrogens is 228 g/mol. The van der Waals surface area contributed by atoms with Crippen LogP contribution in [-0.2, 0) is 9.47 Å². The van der Waals surface area contributed by atoms with Crippen LogP contribution in [0.3, 0.4) is 0 Å². The van der Waals surface area contributed by atoms with Gasteiger partial charge in [-0.1, -0.05) is 36.4 Å². The van der Waals surface area contributed by atoms with Crippen molar-refractivity contribution in [1.82, 2.24) is 0 Å². The van der Waals surface area contributed by atoms with Gasteiger partial charge in [-0.2, -0.15) is 0 Å². The lowest BCUT2D eigenvalue weighted by atomic mass is 10.1. The number of carbonyl (C=O) groups excluding carboxylic acids is 1. The van der Waals surface area contributed by atoms with Crippen molar-refractivity contribution in [2.75, 3.05) is 13.2 Å². The van der Waals surface area contributed by atoms with E-state index in [0.717, 1.165) is 25.9 Å². The van der Waals surface area contributed by atoms with E-state index in [1.165, 1.54) is 0 Å². The second-order valence-corrected chi connectivity index (χ2v) is 4.26. The van der Waals surface area contributed by atoms with Gasteiger partial charge in [-0.05, 0) is 25.3 Å². The van der Waals surface area contributed by atoms with Gasteiger partial charge in [0.15, 0.2) is 12.1 Å². The highest BCUT2D eigenvalue weighted by atomic mass is 16.7. The van der Waals surface area contributed by atoms with Gasteiger partial charge < -0.3 is 9.47 Å². The molecule has 1 atom stereocenters. The topological polar surface area (TPSA) is 35.5 Å². The minimum absolute atomic E-state index is 0.00348. The summed E-state index contributed by atoms with van der Waals surface area (Å²) >= 11 is 0. The zero-order chi connectivity index (χ0) is 12.6. The molecule has 1 aliphatic rings. The molecule has 0 aliphatic carbocycles. The Balaban J connectivity index is 1.72. The van der Waals surface area contributed by atoms with Gasteiger partial charge in [0, 0.05) is 12.2 Å². The van der Waals surface area contributed by atoms with E-state index in [1.54, 1.807) is 24.3 Å². The molecule has 0 aromatic heterocycles. The summed E-state index contributed by atoms with van der Waals surface area (Å²) in [7, 11) is 0. The standard InChI is InChI=1S/C15H18O3/c16-14(13-7-2-1-3-8-13)9-6-12-18-15-10-4-5-11-17-15/h1-3,6-9,15H,4-5,10-12H2. The van der Waals surface area contributed by atoms with Crippen molar-refractivity contribution >= 4 is 5.78 Å². The lowest BCUT2D eigenvalue weighted by Gasteiger charge is -2.21. The monoisotopic (exact) mass is 246 g/mol. The van der Waals surface area contributed by atoms with Gasteiger partial charge in [0.25, 0.3) is 0 Å². The summed E-state index contributed by atoms with van der Waals surface area (Å²) in [5.74, 6) is 0.00348. The molecule has 3 nitrogen and oxygen atoms in total. The molecule has 1 aliphatic heterocycles. The molecule has 1 aromatic rings. The van der Waals surface area contributed by atoms with E-state index >= 15 is 0 Å². The summed E-state index contributed by atoms with van der Waals surface area (Å²) < 4.78 is 10.9. The average Bonchev–Trinajstić information content (AvgIpc) is 2.45. The molecule has 3 heteroatoms. The van der Waals surface area contributed by atoms with Crippen molar-refractivity contribution in [3.63, 3.8) is 0 Å². The molecule has 1 aromatic carbocycles. The maximum Gasteiger partial charge on any atom is 0.185 e. The lowest BCUT2D eigenvalue weighted by Crippen LogP contribution is -2.22. The van der Waals surface area contributed by atoms with Crippen molar-refractivity contribution < 1.29 is 14.3 Å². The minimum atomic E-state index is -0.102. The van der Waals surface area contributed by atoms with Crippen LogP contribution in [0.25, 0.3) is 0 Å². The van der Waals surface area contributed by atoms with Crippen LogP contribution >= 0.6 is 0 Å². The first-order chi connectivity index (χ1) is 8.86. The Hall–Kier alpha value is -1.45. The van der Waals surface area contributed by atoms with E-state index in [4.69, 9.17) is 9.47 Å². The van der Waals surface area contributed by atoms with Gasteiger partial charge in [0.1, 0.15) is 0 Å². The highest BCUT2D eigenvalue weighted by Gasteiger charge is 2.12. The molecule has 1 fully saturated rings. The number of hydrogen-bond acceptors (Lipinski definition) is 3. The number of benzene rings is 1. The van der Waals surface area contributed by atoms with Crippen LogP contribution in [0.4, 0.5) is 0 Å². The molecule has 1 saturated heterocycles. The quantitative estimate of drug-likeness (QED) is 0.592. The zero-order valence-corrected chi connectivity index (χ0v) is 10.4. The Labute approximate surface area is 107 Å². The third-order valence-corrected chi connectivity index (χ3v) is 2.84. The highest BCUT2D eigenvalue weighted by molar-refractivity contribution is 6.04. The molecule has 0 bridgehead atoms. The molecule has 96 valence electrons. The highest BCUT2D eigenvalue weighted by Crippen LogP contribution is 2.13. The van der Waals surface area contributed by atoms with Gasteiger partial charge in [-0.3, -0.25) is 4.79 Å². The molecule has 2 rings (SSSR count). The first-order valence-electron chi connectivity index (χ1n) is 6.35. The van der Waals surface area contributed by atoms with Crippen LogP contribution in [0, 0.1) is 0 Å². The Bertz CT molecular complexity index is 391. The van der Waals surface area contributed by atoms with E-state index in [2.05, 4.69) is 0 Å². The largest absolute Gasteiger partial charge is 0.353 e. The van der Waals surface area contributed by atoms with Crippen LogP contribution in [-0.4, -0.2) is 25.3 Å². The maximum absolute atomic E-state index is 11.7. The molecule has 18 heavy (non-hydrogen) atoms. The predicted octanol–water partition coefficient (Wildman–Crippen LogP) is 2.97. The Kier molecular flexibility index (Phi) is 5.12. The van der Waals surface area contributed by atoms with Crippen LogP contribution in [0.15, 0.2) is 42.5 Å². The van der Waals surface area contributed by atoms with E-state index in [0.29, 0.717) is 12.2 Å². The minimum Gasteiger partial charge on any atom is -0.353 e. The second kappa shape index (κ2) is 7.09. The fraction of sp³-hybridized carbons (Fsp3) is 0.400. The number of carbonyl (C=O) groups is 1. The van der Waals surface area contributed by atoms with Crippen molar-refractivity contribution in [2.24, 2.45) is 0 Å². The summed E-state index contributed by atoms with van der Waals surface area (Å²) in [6, 6.07) is 9.21. The van der Waals surface area contributed by atoms with E-state index in [1.807, 2.05) is 18.2 Å². The van der Waals surface area contributed by atoms with Crippen LogP contribution in [0.2, 0.25) is 0 Å². The molecular formula is C15H18O3. The molecule has 0 radical (unpaired) electrons. The van der Waals surface area contributed by atoms with Gasteiger partial charge in [0.05, 0.1) is 6.61 Å². The molecule has 0 N–H and O–H groups in total. The Morgan fingerprint density at radius 2 is 2.17 bits per heavy atom. The Morgan fingerprint density at radius 1 is 1.33 bits per heavy atom. The SMILES string of the molecule is O=C(C=CCOC1CCCCO1)c1ccccc1. The lowest BCUT2D eigenvalue weighted by molar-refractivity contribution is -0.155. The molecule has 0 saturated carbocycles. The summed E-state index contributed by atoms with van der Waals surface area (Å²) in [5, 5.41) is 0. The molecule has 0 amide bonds. The molecule has 0 spiro atoms. The number of allylic oxidation sites excluding steroid dienone is 1. The number of ether oxygens (including phenoxy) is 2. The van der Waals surface area contributed by atoms with Gasteiger partial charge in [-0.15, -0.1) is 0 Å². The number of rotatable bonds is 5. The van der Waals surface area contributed by atoms with Crippen molar-refractivity contribution in [3.05, 3.63) is 48.0 Å². The van der Waals surface area contributed by atoms with Gasteiger partial charge in [-0.25, -0.2) is 0 Å². The fourth-order valence-corrected chi connectivity index (χ4v) is 1.86. The summed E-state index contributed by atoms with van der Waals surface area (Å²) in [4.78, 5) is 11.7. The third-order valence-electron chi connectivity index (χ3n) is 2.84. The molecule has 1 unspecified atom stereocenters.